The molecule has 1 rings (SSSR count). The van der Waals surface area contributed by atoms with E-state index in [9.17, 15) is 176 Å². The number of amides is 2. The number of nitrogens with one attached hydrogen (secondary N) is 2. The molecule has 12 nitrogen and oxygen atoms in total. The van der Waals surface area contributed by atoms with Crippen LogP contribution in [-0.4, -0.2) is 171 Å². The van der Waals surface area contributed by atoms with E-state index in [1.165, 1.54) is 0 Å². The third-order valence-electron chi connectivity index (χ3n) is 10.2. The smallest absolute Gasteiger partial charge is 0.448 e. The average Bonchev–Trinajstić information content (AvgIpc) is 3.27. The average molecular weight is 1320 g/mol. The lowest BCUT2D eigenvalue weighted by molar-refractivity contribution is -0.458. The highest BCUT2D eigenvalue weighted by Gasteiger charge is 2.98. The Morgan fingerprint density at radius 2 is 0.728 bits per heavy atom. The maximum Gasteiger partial charge on any atom is 0.460 e. The fourth-order valence-electron chi connectivity index (χ4n) is 5.34. The van der Waals surface area contributed by atoms with E-state index in [0.717, 1.165) is 26.0 Å². The van der Waals surface area contributed by atoms with Crippen molar-refractivity contribution >= 4 is 43.6 Å². The van der Waals surface area contributed by atoms with Crippen molar-refractivity contribution in [2.24, 2.45) is 0 Å². The SMILES string of the molecule is CCCN(CCOC(=O)Nc1ccc(C)c(NC(=O)OCCN(C)S(=O)(=O)C(F)(F)C(F)(F)C(F)(F)C(F)(F)C(F)(F)C(F)(F)C(F)(F)C(F)(F)F)c1)S(=O)(=O)C(F)(F)C(F)(F)C(F)(F)C(F)(F)C(F)(F)C(F)(F)C(F)(F)C(F)(F)F. The Balaban J connectivity index is 3.28. The summed E-state index contributed by atoms with van der Waals surface area (Å²) in [5.41, 5.74) is -1.60. The number of anilines is 2. The molecule has 0 aliphatic heterocycles. The first-order valence-corrected chi connectivity index (χ1v) is 22.5. The molecule has 0 saturated heterocycles. The van der Waals surface area contributed by atoms with Gasteiger partial charge in [0.25, 0.3) is 20.0 Å². The van der Waals surface area contributed by atoms with Gasteiger partial charge in [-0.1, -0.05) is 13.0 Å². The Labute approximate surface area is 426 Å². The summed E-state index contributed by atoms with van der Waals surface area (Å²) in [7, 11) is -16.1. The fourth-order valence-corrected chi connectivity index (χ4v) is 8.02. The van der Waals surface area contributed by atoms with Gasteiger partial charge in [0.05, 0.1) is 0 Å². The molecular weight excluding hydrogens is 1290 g/mol. The van der Waals surface area contributed by atoms with Gasteiger partial charge in [-0.15, -0.1) is 0 Å². The van der Waals surface area contributed by atoms with Gasteiger partial charge in [0.15, 0.2) is 0 Å². The lowest BCUT2D eigenvalue weighted by atomic mass is 9.91. The normalized spacial score (nSPS) is 15.5. The molecule has 0 bridgehead atoms. The predicted molar refractivity (Wildman–Crippen MR) is 195 cm³/mol. The topological polar surface area (TPSA) is 151 Å². The molecule has 0 fully saturated rings. The first kappa shape index (κ1) is 74.2. The Hall–Kier alpha value is -4.80. The maximum absolute atomic E-state index is 14.8. The summed E-state index contributed by atoms with van der Waals surface area (Å²) in [5.74, 6) is -107. The highest BCUT2D eigenvalue weighted by molar-refractivity contribution is 7.90. The Morgan fingerprint density at radius 3 is 1.06 bits per heavy atom. The van der Waals surface area contributed by atoms with Crippen LogP contribution < -0.4 is 10.6 Å². The third kappa shape index (κ3) is 11.5. The molecule has 0 aliphatic rings. The van der Waals surface area contributed by atoms with Gasteiger partial charge >= 0.3 is 106 Å². The van der Waals surface area contributed by atoms with Crippen LogP contribution >= 0.6 is 0 Å². The summed E-state index contributed by atoms with van der Waals surface area (Å²) < 4.78 is 520. The van der Waals surface area contributed by atoms with E-state index < -0.39 is 192 Å². The number of ether oxygens (including phenoxy) is 2. The second-order valence-electron chi connectivity index (χ2n) is 15.7. The monoisotopic (exact) mass is 1320 g/mol. The molecule has 0 atom stereocenters. The summed E-state index contributed by atoms with van der Waals surface area (Å²) in [6.45, 7) is -7.63. The van der Waals surface area contributed by atoms with E-state index in [1.807, 2.05) is 0 Å². The van der Waals surface area contributed by atoms with Crippen molar-refractivity contribution in [2.75, 3.05) is 50.5 Å². The molecule has 1 aromatic rings. The Morgan fingerprint density at radius 1 is 0.432 bits per heavy atom. The highest BCUT2D eigenvalue weighted by atomic mass is 32.2. The fraction of sp³-hybridized carbons (Fsp3) is 0.758. The first-order valence-electron chi connectivity index (χ1n) is 19.6. The quantitative estimate of drug-likeness (QED) is 0.0870. The van der Waals surface area contributed by atoms with Gasteiger partial charge in [-0.2, -0.15) is 158 Å². The molecule has 81 heavy (non-hydrogen) atoms. The van der Waals surface area contributed by atoms with Crippen LogP contribution in [0.4, 0.5) is 170 Å². The molecular formula is C33H26F34N4O8S2. The lowest BCUT2D eigenvalue weighted by Crippen LogP contribution is -2.75. The summed E-state index contributed by atoms with van der Waals surface area (Å²) in [6.07, 6.45) is -21.1. The van der Waals surface area contributed by atoms with Crippen molar-refractivity contribution in [3.8, 4) is 0 Å². The Kier molecular flexibility index (Phi) is 20.2. The number of hydrogen-bond donors (Lipinski definition) is 2. The van der Waals surface area contributed by atoms with Crippen LogP contribution in [0, 0.1) is 6.92 Å². The van der Waals surface area contributed by atoms with Gasteiger partial charge in [-0.3, -0.25) is 10.6 Å². The number of hydrogen-bond acceptors (Lipinski definition) is 8. The number of carbonyl (C=O) groups is 2. The van der Waals surface area contributed by atoms with Crippen LogP contribution in [0.2, 0.25) is 0 Å². The van der Waals surface area contributed by atoms with Gasteiger partial charge < -0.3 is 9.47 Å². The molecule has 0 saturated carbocycles. The summed E-state index contributed by atoms with van der Waals surface area (Å²) in [6, 6.07) is 2.15. The molecule has 1 aromatic carbocycles. The summed E-state index contributed by atoms with van der Waals surface area (Å²) >= 11 is 0. The third-order valence-corrected chi connectivity index (χ3v) is 14.0. The van der Waals surface area contributed by atoms with Gasteiger partial charge in [-0.05, 0) is 31.0 Å². The number of alkyl halides is 34. The molecule has 2 N–H and O–H groups in total. The molecule has 2 amide bonds. The van der Waals surface area contributed by atoms with Crippen molar-refractivity contribution < 1.29 is 185 Å². The van der Waals surface area contributed by atoms with Crippen LogP contribution in [0.1, 0.15) is 18.9 Å². The number of sulfonamides is 2. The number of carbonyl (C=O) groups excluding carboxylic acids is 2. The number of nitrogens with zero attached hydrogens (tertiary/aromatic N) is 2. The van der Waals surface area contributed by atoms with Crippen LogP contribution in [0.25, 0.3) is 0 Å². The van der Waals surface area contributed by atoms with Gasteiger partial charge in [0.2, 0.25) is 0 Å². The largest absolute Gasteiger partial charge is 0.460 e. The van der Waals surface area contributed by atoms with Crippen molar-refractivity contribution in [3.05, 3.63) is 23.8 Å². The van der Waals surface area contributed by atoms with Crippen molar-refractivity contribution in [3.63, 3.8) is 0 Å². The molecule has 0 unspecified atom stereocenters. The first-order chi connectivity index (χ1) is 35.2. The lowest BCUT2D eigenvalue weighted by Gasteiger charge is -2.43. The van der Waals surface area contributed by atoms with E-state index in [1.54, 1.807) is 10.6 Å². The minimum Gasteiger partial charge on any atom is -0.448 e. The Bertz CT molecular complexity index is 2660. The standard InChI is InChI=1S/C33H26F34N4O8S2/c1-4-7-71(81(76,77)33(66,67)29(56,57)25(48,49)21(40,41)19(36,37)23(44,45)27(52,53)31(61,62)63)9-11-79-16(72)68-14-6-5-13(2)15(12-14)69-17(73)78-10-8-70(3)80(74,75)32(64,65)28(54,55)24(46,47)20(38,39)18(34,35)22(42,43)26(50,51)30(58,59)60/h5-6,12H,4,7-11H2,1-3H3,(H,68,72)(H,69,73). The van der Waals surface area contributed by atoms with Gasteiger partial charge in [-0.25, -0.2) is 26.4 Å². The predicted octanol–water partition coefficient (Wildman–Crippen LogP) is 12.3. The van der Waals surface area contributed by atoms with Crippen molar-refractivity contribution in [2.45, 2.75) is 114 Å². The van der Waals surface area contributed by atoms with E-state index in [4.69, 9.17) is 0 Å². The number of likely N-dealkylation sites (N-methyl/N-ethyl adjacent to an activating group) is 1. The number of benzene rings is 1. The zero-order valence-corrected chi connectivity index (χ0v) is 39.9. The number of rotatable bonds is 26. The molecule has 0 spiro atoms. The summed E-state index contributed by atoms with van der Waals surface area (Å²) in [5, 5.41) is -12.7. The van der Waals surface area contributed by atoms with Crippen LogP contribution in [0.3, 0.4) is 0 Å². The molecule has 48 heteroatoms. The van der Waals surface area contributed by atoms with Gasteiger partial charge in [0, 0.05) is 38.1 Å². The zero-order chi connectivity index (χ0) is 65.2. The molecule has 0 aliphatic carbocycles. The minimum atomic E-state index is -9.15. The van der Waals surface area contributed by atoms with E-state index in [0.29, 0.717) is 6.07 Å². The second kappa shape index (κ2) is 22.0. The highest BCUT2D eigenvalue weighted by Crippen LogP contribution is 2.66. The zero-order valence-electron chi connectivity index (χ0n) is 38.3. The van der Waals surface area contributed by atoms with Crippen LogP contribution in [-0.2, 0) is 29.5 Å². The number of aryl methyl sites for hydroxylation is 1. The molecule has 0 heterocycles. The minimum absolute atomic E-state index is 0.214. The van der Waals surface area contributed by atoms with E-state index in [2.05, 4.69) is 9.47 Å². The van der Waals surface area contributed by atoms with Crippen LogP contribution in [0.15, 0.2) is 18.2 Å². The van der Waals surface area contributed by atoms with Crippen molar-refractivity contribution in [1.29, 1.82) is 0 Å². The van der Waals surface area contributed by atoms with Crippen LogP contribution in [0.5, 0.6) is 0 Å². The van der Waals surface area contributed by atoms with E-state index in [-0.39, 0.29) is 5.56 Å². The summed E-state index contributed by atoms with van der Waals surface area (Å²) in [4.78, 5) is 24.6. The van der Waals surface area contributed by atoms with Gasteiger partial charge in [0.1, 0.15) is 13.2 Å². The maximum atomic E-state index is 14.8. The molecule has 476 valence electrons. The van der Waals surface area contributed by atoms with E-state index >= 15 is 0 Å². The number of halogens is 34. The molecule has 0 aromatic heterocycles. The molecule has 0 radical (unpaired) electrons. The second-order valence-corrected chi connectivity index (χ2v) is 19.8. The van der Waals surface area contributed by atoms with Crippen molar-refractivity contribution in [1.82, 2.24) is 8.61 Å².